The molecule has 0 radical (unpaired) electrons. The summed E-state index contributed by atoms with van der Waals surface area (Å²) in [6.07, 6.45) is -1.13. The van der Waals surface area contributed by atoms with Gasteiger partial charge in [-0.1, -0.05) is 0 Å². The van der Waals surface area contributed by atoms with Crippen LogP contribution in [0.4, 0.5) is 0 Å². The number of hydrogen-bond donors (Lipinski definition) is 1. The van der Waals surface area contributed by atoms with Crippen molar-refractivity contribution in [2.24, 2.45) is 0 Å². The molecular formula is C6H5AlN2O13Zn. The van der Waals surface area contributed by atoms with E-state index in [1.54, 1.807) is 0 Å². The van der Waals surface area contributed by atoms with E-state index in [-0.39, 0.29) is 19.5 Å². The number of hydrogen-bond acceptors (Lipinski definition) is 13. The van der Waals surface area contributed by atoms with Crippen LogP contribution in [0.3, 0.4) is 0 Å². The van der Waals surface area contributed by atoms with Gasteiger partial charge in [-0.15, -0.1) is 0 Å². The Morgan fingerprint density at radius 2 is 1.22 bits per heavy atom. The molecule has 17 heteroatoms. The molecule has 0 saturated carbocycles. The van der Waals surface area contributed by atoms with E-state index >= 15 is 0 Å². The first-order valence-electron chi connectivity index (χ1n) is 4.92. The Bertz CT molecular complexity index is 457. The van der Waals surface area contributed by atoms with Crippen molar-refractivity contribution in [3.63, 3.8) is 0 Å². The summed E-state index contributed by atoms with van der Waals surface area (Å²) in [7, 11) is 0. The van der Waals surface area contributed by atoms with Gasteiger partial charge in [0.15, 0.2) is 5.60 Å². The van der Waals surface area contributed by atoms with Gasteiger partial charge in [-0.2, -0.15) is 0 Å². The summed E-state index contributed by atoms with van der Waals surface area (Å²) < 4.78 is 13.6. The minimum absolute atomic E-state index is 0. The molecule has 23 heavy (non-hydrogen) atoms. The maximum Gasteiger partial charge on any atom is 2.00 e. The topological polar surface area (TPSA) is 232 Å². The quantitative estimate of drug-likeness (QED) is 0.253. The van der Waals surface area contributed by atoms with Crippen molar-refractivity contribution in [1.29, 1.82) is 0 Å². The Balaban J connectivity index is 0. The first-order valence-corrected chi connectivity index (χ1v) is 6.33. The molecule has 2 fully saturated rings. The van der Waals surface area contributed by atoms with Crippen molar-refractivity contribution >= 4 is 33.1 Å². The van der Waals surface area contributed by atoms with Crippen LogP contribution in [-0.2, 0) is 45.2 Å². The summed E-state index contributed by atoms with van der Waals surface area (Å²) in [5.41, 5.74) is -2.12. The van der Waals surface area contributed by atoms with Crippen LogP contribution in [0.1, 0.15) is 12.8 Å². The number of aliphatic hydroxyl groups is 1. The van der Waals surface area contributed by atoms with Gasteiger partial charge in [0.1, 0.15) is 0 Å². The Kier molecular flexibility index (Phi) is 9.93. The van der Waals surface area contributed by atoms with Crippen LogP contribution in [0, 0.1) is 30.6 Å². The summed E-state index contributed by atoms with van der Waals surface area (Å²) in [5, 5.41) is 39.1. The smallest absolute Gasteiger partial charge is 0.551 e. The molecule has 0 unspecified atom stereocenters. The van der Waals surface area contributed by atoms with Gasteiger partial charge < -0.3 is 47.1 Å². The zero-order valence-electron chi connectivity index (χ0n) is 10.9. The molecule has 0 aromatic carbocycles. The van der Waals surface area contributed by atoms with E-state index in [4.69, 9.17) is 30.6 Å². The van der Waals surface area contributed by atoms with Crippen molar-refractivity contribution in [2.45, 2.75) is 18.4 Å². The molecule has 0 amide bonds. The van der Waals surface area contributed by atoms with E-state index in [9.17, 15) is 19.5 Å². The number of carbonyl (C=O) groups excluding carboxylic acids is 3. The summed E-state index contributed by atoms with van der Waals surface area (Å²) in [4.78, 5) is 49.7. The molecule has 0 aliphatic carbocycles. The van der Waals surface area contributed by atoms with Crippen LogP contribution in [0.5, 0.6) is 0 Å². The van der Waals surface area contributed by atoms with E-state index in [1.807, 2.05) is 0 Å². The van der Waals surface area contributed by atoms with Gasteiger partial charge in [0.25, 0.3) is 11.9 Å². The maximum absolute atomic E-state index is 11.2. The molecule has 2 rings (SSSR count). The Hall–Kier alpha value is -2.07. The van der Waals surface area contributed by atoms with E-state index < -0.39 is 61.7 Å². The van der Waals surface area contributed by atoms with E-state index in [2.05, 4.69) is 11.4 Å². The number of nitrogens with zero attached hydrogens (tertiary/aromatic N) is 2. The molecule has 0 atom stereocenters. The zero-order chi connectivity index (χ0) is 17.5. The molecule has 1 N–H and O–H groups in total. The summed E-state index contributed by atoms with van der Waals surface area (Å²) >= 11 is -3.06. The minimum atomic E-state index is -3.06. The van der Waals surface area contributed by atoms with Gasteiger partial charge >= 0.3 is 40.6 Å². The Labute approximate surface area is 143 Å². The monoisotopic (exact) mass is 404 g/mol. The largest absolute Gasteiger partial charge is 2.00 e. The van der Waals surface area contributed by atoms with Crippen molar-refractivity contribution in [3.8, 4) is 0 Å². The summed E-state index contributed by atoms with van der Waals surface area (Å²) in [5.74, 6) is -2.60. The van der Waals surface area contributed by atoms with Crippen molar-refractivity contribution in [1.82, 2.24) is 0 Å². The van der Waals surface area contributed by atoms with E-state index in [0.717, 1.165) is 0 Å². The predicted molar refractivity (Wildman–Crippen MR) is 58.9 cm³/mol. The van der Waals surface area contributed by atoms with E-state index in [1.165, 1.54) is 0 Å². The van der Waals surface area contributed by atoms with Gasteiger partial charge in [0, 0.05) is 0 Å². The third-order valence-electron chi connectivity index (χ3n) is 1.91. The van der Waals surface area contributed by atoms with Crippen LogP contribution in [0.25, 0.3) is 0 Å². The predicted octanol–water partition coefficient (Wildman–Crippen LogP) is -2.34. The number of rotatable bonds is 0. The third-order valence-corrected chi connectivity index (χ3v) is 3.23. The molecule has 2 aliphatic heterocycles. The van der Waals surface area contributed by atoms with E-state index in [0.29, 0.717) is 0 Å². The van der Waals surface area contributed by atoms with Crippen LogP contribution in [0.2, 0.25) is 0 Å². The minimum Gasteiger partial charge on any atom is -0.551 e. The van der Waals surface area contributed by atoms with Gasteiger partial charge in [-0.25, -0.2) is 0 Å². The zero-order valence-corrected chi connectivity index (χ0v) is 15.1. The Morgan fingerprint density at radius 1 is 0.913 bits per heavy atom. The molecule has 2 saturated heterocycles. The Morgan fingerprint density at radius 3 is 1.52 bits per heavy atom. The third kappa shape index (κ3) is 9.53. The molecular weight excluding hydrogens is 400 g/mol. The average Bonchev–Trinajstić information content (AvgIpc) is 2.39. The van der Waals surface area contributed by atoms with Crippen LogP contribution in [0.15, 0.2) is 0 Å². The van der Waals surface area contributed by atoms with Gasteiger partial charge in [0.05, 0.1) is 23.0 Å². The second kappa shape index (κ2) is 9.84. The molecule has 0 aromatic rings. The molecule has 15 nitrogen and oxygen atoms in total. The normalized spacial score (nSPS) is 17.1. The molecule has 122 valence electrons. The van der Waals surface area contributed by atoms with Crippen LogP contribution >= 0.6 is 0 Å². The second-order valence-corrected chi connectivity index (χ2v) is 4.79. The standard InChI is InChI=1S/C6H8O7.Al.2NO3.Zn/c7-3(8)1-6(13,5(11)12)2-4(9)10;;2*2-1(3)4;/h13H,1-2H2,(H,7,8)(H,9,10)(H,11,12);;;;/q;+3;2*-1;+2/p-3. The fourth-order valence-corrected chi connectivity index (χ4v) is 2.39. The first-order chi connectivity index (χ1) is 9.96. The number of fused-ring (bicyclic) bond motifs is 3. The molecule has 2 aliphatic rings. The number of carbonyl (C=O) groups is 3. The maximum atomic E-state index is 11.2. The SMILES string of the molecule is O=C1CC2(O)CC(=O)[O][Al]([O]1)[O]C2=O.O=[N+]([O-])[O-].O=[N+]([O-])[O-].[Zn+2]. The fraction of sp³-hybridized carbons (Fsp3) is 0.500. The molecule has 2 bridgehead atoms. The van der Waals surface area contributed by atoms with Crippen molar-refractivity contribution < 1.29 is 60.5 Å². The molecule has 0 aromatic heterocycles. The first kappa shape index (κ1) is 23.2. The molecule has 2 heterocycles. The van der Waals surface area contributed by atoms with Crippen molar-refractivity contribution in [3.05, 3.63) is 30.6 Å². The van der Waals surface area contributed by atoms with Crippen LogP contribution in [-0.4, -0.2) is 53.9 Å². The van der Waals surface area contributed by atoms with Crippen LogP contribution < -0.4 is 0 Å². The van der Waals surface area contributed by atoms with Gasteiger partial charge in [0.2, 0.25) is 0 Å². The van der Waals surface area contributed by atoms with Gasteiger partial charge in [-0.3, -0.25) is 14.4 Å². The summed E-state index contributed by atoms with van der Waals surface area (Å²) in [6, 6.07) is 0. The average molecular weight is 405 g/mol. The van der Waals surface area contributed by atoms with Crippen molar-refractivity contribution in [2.75, 3.05) is 0 Å². The molecule has 0 spiro atoms. The second-order valence-electron chi connectivity index (χ2n) is 3.51. The fourth-order valence-electron chi connectivity index (χ4n) is 1.25. The van der Waals surface area contributed by atoms with Gasteiger partial charge in [-0.05, 0) is 0 Å². The summed E-state index contributed by atoms with van der Waals surface area (Å²) in [6.45, 7) is 0.